The van der Waals surface area contributed by atoms with E-state index in [1.807, 2.05) is 25.1 Å². The van der Waals surface area contributed by atoms with Crippen molar-refractivity contribution in [2.24, 2.45) is 12.0 Å². The maximum absolute atomic E-state index is 12.6. The Morgan fingerprint density at radius 2 is 2.03 bits per heavy atom. The van der Waals surface area contributed by atoms with Gasteiger partial charge in [-0.05, 0) is 19.1 Å². The van der Waals surface area contributed by atoms with Crippen molar-refractivity contribution >= 4 is 52.9 Å². The number of halogens is 1. The van der Waals surface area contributed by atoms with Crippen molar-refractivity contribution in [3.8, 4) is 0 Å². The van der Waals surface area contributed by atoms with Crippen molar-refractivity contribution in [1.82, 2.24) is 20.0 Å². The van der Waals surface area contributed by atoms with Crippen molar-refractivity contribution in [1.29, 1.82) is 0 Å². The number of carbonyl (C=O) groups excluding carboxylic acids is 1. The van der Waals surface area contributed by atoms with Gasteiger partial charge < -0.3 is 20.4 Å². The van der Waals surface area contributed by atoms with Crippen LogP contribution in [0.15, 0.2) is 41.7 Å². The molecule has 3 rings (SSSR count). The molecule has 1 fully saturated rings. The number of non-ortho nitro benzene ring substituents is 1. The molecule has 31 heavy (non-hydrogen) atoms. The van der Waals surface area contributed by atoms with Gasteiger partial charge in [-0.3, -0.25) is 24.6 Å². The molecule has 2 aromatic rings. The smallest absolute Gasteiger partial charge is 0.269 e. The number of hydrogen-bond acceptors (Lipinski definition) is 6. The van der Waals surface area contributed by atoms with Gasteiger partial charge in [-0.25, -0.2) is 0 Å². The third-order valence-electron chi connectivity index (χ3n) is 4.64. The van der Waals surface area contributed by atoms with E-state index in [0.717, 1.165) is 11.4 Å². The number of nitrogens with one attached hydrogen (secondary N) is 2. The first-order valence-electron chi connectivity index (χ1n) is 9.78. The molecule has 1 aromatic heterocycles. The second kappa shape index (κ2) is 11.5. The van der Waals surface area contributed by atoms with Crippen LogP contribution < -0.4 is 15.5 Å². The van der Waals surface area contributed by atoms with Crippen LogP contribution in [0.3, 0.4) is 0 Å². The molecule has 2 heterocycles. The SMILES string of the molecule is CCNC(=NCCNc1ccc([N+](=O)[O-])cc1)N1CCN(c2cnn(C)c2)C(=O)C1.I. The lowest BCUT2D eigenvalue weighted by Gasteiger charge is -2.35. The average molecular weight is 542 g/mol. The molecular formula is C19H27IN8O3. The van der Waals surface area contributed by atoms with Crippen molar-refractivity contribution in [3.05, 3.63) is 46.8 Å². The van der Waals surface area contributed by atoms with Crippen LogP contribution >= 0.6 is 24.0 Å². The van der Waals surface area contributed by atoms with Gasteiger partial charge in [-0.1, -0.05) is 0 Å². The van der Waals surface area contributed by atoms with E-state index < -0.39 is 4.92 Å². The molecule has 11 nitrogen and oxygen atoms in total. The van der Waals surface area contributed by atoms with E-state index in [9.17, 15) is 14.9 Å². The van der Waals surface area contributed by atoms with Crippen LogP contribution in [0.4, 0.5) is 17.1 Å². The summed E-state index contributed by atoms with van der Waals surface area (Å²) in [6.45, 7) is 5.23. The first kappa shape index (κ1) is 24.4. The molecule has 1 aliphatic heterocycles. The fraction of sp³-hybridized carbons (Fsp3) is 0.421. The molecule has 0 spiro atoms. The lowest BCUT2D eigenvalue weighted by Crippen LogP contribution is -2.55. The number of nitrogens with zero attached hydrogens (tertiary/aromatic N) is 6. The predicted molar refractivity (Wildman–Crippen MR) is 130 cm³/mol. The fourth-order valence-corrected chi connectivity index (χ4v) is 3.16. The molecule has 1 aliphatic rings. The second-order valence-electron chi connectivity index (χ2n) is 6.81. The summed E-state index contributed by atoms with van der Waals surface area (Å²) < 4.78 is 1.68. The van der Waals surface area contributed by atoms with Gasteiger partial charge in [0.2, 0.25) is 5.91 Å². The van der Waals surface area contributed by atoms with Crippen LogP contribution in [0.5, 0.6) is 0 Å². The molecule has 168 valence electrons. The minimum atomic E-state index is -0.424. The summed E-state index contributed by atoms with van der Waals surface area (Å²) in [4.78, 5) is 31.2. The Hall–Kier alpha value is -2.90. The summed E-state index contributed by atoms with van der Waals surface area (Å²) in [7, 11) is 1.82. The molecule has 1 saturated heterocycles. The molecule has 0 atom stereocenters. The van der Waals surface area contributed by atoms with E-state index >= 15 is 0 Å². The highest BCUT2D eigenvalue weighted by Gasteiger charge is 2.27. The van der Waals surface area contributed by atoms with Crippen molar-refractivity contribution in [2.75, 3.05) is 49.5 Å². The Kier molecular flexibility index (Phi) is 9.03. The van der Waals surface area contributed by atoms with Gasteiger partial charge >= 0.3 is 0 Å². The molecule has 12 heteroatoms. The second-order valence-corrected chi connectivity index (χ2v) is 6.81. The minimum absolute atomic E-state index is 0. The van der Waals surface area contributed by atoms with Gasteiger partial charge in [0, 0.05) is 57.2 Å². The van der Waals surface area contributed by atoms with E-state index in [1.54, 1.807) is 27.9 Å². The van der Waals surface area contributed by atoms with E-state index in [1.165, 1.54) is 12.1 Å². The lowest BCUT2D eigenvalue weighted by molar-refractivity contribution is -0.384. The Morgan fingerprint density at radius 3 is 2.61 bits per heavy atom. The zero-order chi connectivity index (χ0) is 21.5. The van der Waals surface area contributed by atoms with Gasteiger partial charge in [0.1, 0.15) is 6.54 Å². The number of hydrogen-bond donors (Lipinski definition) is 2. The quantitative estimate of drug-likeness (QED) is 0.136. The topological polar surface area (TPSA) is 121 Å². The number of aliphatic imine (C=N–C) groups is 1. The zero-order valence-electron chi connectivity index (χ0n) is 17.5. The Morgan fingerprint density at radius 1 is 1.29 bits per heavy atom. The summed E-state index contributed by atoms with van der Waals surface area (Å²) in [5.74, 6) is 0.700. The first-order chi connectivity index (χ1) is 14.5. The van der Waals surface area contributed by atoms with Crippen LogP contribution in [0.2, 0.25) is 0 Å². The highest BCUT2D eigenvalue weighted by molar-refractivity contribution is 14.0. The number of anilines is 2. The maximum Gasteiger partial charge on any atom is 0.269 e. The third-order valence-corrected chi connectivity index (χ3v) is 4.64. The van der Waals surface area contributed by atoms with E-state index in [2.05, 4.69) is 20.7 Å². The van der Waals surface area contributed by atoms with E-state index in [-0.39, 0.29) is 42.1 Å². The number of nitro benzene ring substituents is 1. The first-order valence-corrected chi connectivity index (χ1v) is 9.78. The number of nitro groups is 1. The van der Waals surface area contributed by atoms with Gasteiger partial charge in [0.25, 0.3) is 5.69 Å². The van der Waals surface area contributed by atoms with Crippen molar-refractivity contribution in [2.45, 2.75) is 6.92 Å². The van der Waals surface area contributed by atoms with Gasteiger partial charge in [-0.15, -0.1) is 24.0 Å². The highest BCUT2D eigenvalue weighted by Crippen LogP contribution is 2.16. The number of carbonyl (C=O) groups is 1. The van der Waals surface area contributed by atoms with Gasteiger partial charge in [0.15, 0.2) is 5.96 Å². The van der Waals surface area contributed by atoms with Crippen LogP contribution in [0, 0.1) is 10.1 Å². The van der Waals surface area contributed by atoms with Crippen LogP contribution in [-0.2, 0) is 11.8 Å². The number of benzene rings is 1. The number of piperazine rings is 1. The van der Waals surface area contributed by atoms with Crippen molar-refractivity contribution < 1.29 is 9.72 Å². The molecular weight excluding hydrogens is 515 g/mol. The Bertz CT molecular complexity index is 915. The predicted octanol–water partition coefficient (Wildman–Crippen LogP) is 1.67. The zero-order valence-corrected chi connectivity index (χ0v) is 19.9. The molecule has 1 aromatic carbocycles. The summed E-state index contributed by atoms with van der Waals surface area (Å²) in [5.41, 5.74) is 1.65. The standard InChI is InChI=1S/C19H26N8O3.HI/c1-3-20-19(22-9-8-21-15-4-6-16(7-5-15)27(29)30)25-10-11-26(18(28)14-25)17-12-23-24(2)13-17;/h4-7,12-13,21H,3,8-11,14H2,1-2H3,(H,20,22);1H. The van der Waals surface area contributed by atoms with Crippen LogP contribution in [0.1, 0.15) is 6.92 Å². The molecule has 1 amide bonds. The van der Waals surface area contributed by atoms with Gasteiger partial charge in [0.05, 0.1) is 23.4 Å². The number of aryl methyl sites for hydroxylation is 1. The van der Waals surface area contributed by atoms with E-state index in [0.29, 0.717) is 38.7 Å². The van der Waals surface area contributed by atoms with Crippen molar-refractivity contribution in [3.63, 3.8) is 0 Å². The Balaban J connectivity index is 0.00000341. The third kappa shape index (κ3) is 6.54. The average Bonchev–Trinajstić information content (AvgIpc) is 3.16. The molecule has 0 unspecified atom stereocenters. The number of aromatic nitrogens is 2. The van der Waals surface area contributed by atoms with E-state index in [4.69, 9.17) is 0 Å². The monoisotopic (exact) mass is 542 g/mol. The number of amides is 1. The molecule has 0 saturated carbocycles. The van der Waals surface area contributed by atoms with Crippen LogP contribution in [0.25, 0.3) is 0 Å². The largest absolute Gasteiger partial charge is 0.383 e. The molecule has 0 radical (unpaired) electrons. The molecule has 0 bridgehead atoms. The highest BCUT2D eigenvalue weighted by atomic mass is 127. The maximum atomic E-state index is 12.6. The summed E-state index contributed by atoms with van der Waals surface area (Å²) in [6, 6.07) is 6.26. The summed E-state index contributed by atoms with van der Waals surface area (Å²) in [5, 5.41) is 21.3. The van der Waals surface area contributed by atoms with Crippen LogP contribution in [-0.4, -0.2) is 70.7 Å². The Labute approximate surface area is 197 Å². The van der Waals surface area contributed by atoms with Gasteiger partial charge in [-0.2, -0.15) is 5.10 Å². The molecule has 2 N–H and O–H groups in total. The summed E-state index contributed by atoms with van der Waals surface area (Å²) in [6.07, 6.45) is 3.52. The fourth-order valence-electron chi connectivity index (χ4n) is 3.16. The number of rotatable bonds is 7. The normalized spacial score (nSPS) is 14.3. The number of guanidine groups is 1. The summed E-state index contributed by atoms with van der Waals surface area (Å²) >= 11 is 0. The lowest BCUT2D eigenvalue weighted by atomic mass is 10.3. The molecule has 0 aliphatic carbocycles. The minimum Gasteiger partial charge on any atom is -0.383 e.